The van der Waals surface area contributed by atoms with Gasteiger partial charge in [0, 0.05) is 45.6 Å². The predicted octanol–water partition coefficient (Wildman–Crippen LogP) is 4.15. The monoisotopic (exact) mass is 431 g/mol. The molecule has 7 heteroatoms. The molecule has 0 saturated carbocycles. The Morgan fingerprint density at radius 3 is 2.74 bits per heavy atom. The van der Waals surface area contributed by atoms with Crippen LogP contribution in [0.15, 0.2) is 34.9 Å². The average molecular weight is 432 g/mol. The number of morpholine rings is 1. The van der Waals surface area contributed by atoms with Crippen molar-refractivity contribution >= 4 is 5.91 Å². The third kappa shape index (κ3) is 7.43. The molecular formula is C24H34FN3O3. The van der Waals surface area contributed by atoms with Gasteiger partial charge in [0.15, 0.2) is 11.7 Å². The van der Waals surface area contributed by atoms with E-state index in [1.165, 1.54) is 25.1 Å². The zero-order valence-corrected chi connectivity index (χ0v) is 18.5. The molecule has 1 aliphatic rings. The third-order valence-corrected chi connectivity index (χ3v) is 5.67. The zero-order valence-electron chi connectivity index (χ0n) is 18.5. The highest BCUT2D eigenvalue weighted by atomic mass is 19.1. The van der Waals surface area contributed by atoms with Gasteiger partial charge in [-0.05, 0) is 18.6 Å². The van der Waals surface area contributed by atoms with Gasteiger partial charge in [-0.15, -0.1) is 0 Å². The van der Waals surface area contributed by atoms with Crippen LogP contribution in [0, 0.1) is 5.82 Å². The summed E-state index contributed by atoms with van der Waals surface area (Å²) in [5.41, 5.74) is 0.385. The number of hydrogen-bond donors (Lipinski definition) is 0. The summed E-state index contributed by atoms with van der Waals surface area (Å²) < 4.78 is 25.1. The van der Waals surface area contributed by atoms with E-state index in [1.807, 2.05) is 4.90 Å². The molecule has 1 fully saturated rings. The first-order valence-corrected chi connectivity index (χ1v) is 11.4. The highest BCUT2D eigenvalue weighted by molar-refractivity contribution is 5.76. The lowest BCUT2D eigenvalue weighted by molar-refractivity contribution is -0.131. The number of halogens is 1. The van der Waals surface area contributed by atoms with Gasteiger partial charge < -0.3 is 14.1 Å². The smallest absolute Gasteiger partial charge is 0.223 e. The first kappa shape index (κ1) is 23.4. The van der Waals surface area contributed by atoms with Crippen LogP contribution in [0.3, 0.4) is 0 Å². The van der Waals surface area contributed by atoms with Crippen LogP contribution >= 0.6 is 0 Å². The number of hydrogen-bond acceptors (Lipinski definition) is 5. The van der Waals surface area contributed by atoms with Gasteiger partial charge in [-0.25, -0.2) is 9.37 Å². The second-order valence-corrected chi connectivity index (χ2v) is 7.99. The minimum Gasteiger partial charge on any atom is -0.441 e. The maximum Gasteiger partial charge on any atom is 0.223 e. The van der Waals surface area contributed by atoms with Gasteiger partial charge in [-0.1, -0.05) is 38.3 Å². The highest BCUT2D eigenvalue weighted by Crippen LogP contribution is 2.23. The van der Waals surface area contributed by atoms with Crippen LogP contribution in [-0.4, -0.2) is 66.6 Å². The number of amides is 1. The standard InChI is InChI=1S/C24H34FN3O3/c1-2-3-4-7-12-28(14-13-27-15-17-30-18-16-27)24(29)11-10-23-26-19-22(31-23)20-8-5-6-9-21(20)25/h5-6,8-9,19H,2-4,7,10-18H2,1H3. The number of carbonyl (C=O) groups excluding carboxylic acids is 1. The molecule has 2 heterocycles. The SMILES string of the molecule is CCCCCCN(CCN1CCOCC1)C(=O)CCc1ncc(-c2ccccc2F)o1. The normalized spacial score (nSPS) is 14.6. The summed E-state index contributed by atoms with van der Waals surface area (Å²) in [5.74, 6) is 0.632. The summed E-state index contributed by atoms with van der Waals surface area (Å²) in [6.45, 7) is 7.96. The number of benzene rings is 1. The van der Waals surface area contributed by atoms with Crippen molar-refractivity contribution in [2.45, 2.75) is 45.4 Å². The Morgan fingerprint density at radius 1 is 1.16 bits per heavy atom. The summed E-state index contributed by atoms with van der Waals surface area (Å²) in [6.07, 6.45) is 6.82. The van der Waals surface area contributed by atoms with E-state index in [0.717, 1.165) is 58.8 Å². The molecule has 1 amide bonds. The van der Waals surface area contributed by atoms with Gasteiger partial charge in [0.25, 0.3) is 0 Å². The molecule has 1 saturated heterocycles. The molecule has 170 valence electrons. The molecule has 1 aliphatic heterocycles. The maximum absolute atomic E-state index is 14.0. The van der Waals surface area contributed by atoms with Gasteiger partial charge in [0.1, 0.15) is 5.82 Å². The largest absolute Gasteiger partial charge is 0.441 e. The van der Waals surface area contributed by atoms with Gasteiger partial charge in [-0.3, -0.25) is 9.69 Å². The number of nitrogens with zero attached hydrogens (tertiary/aromatic N) is 3. The number of aromatic nitrogens is 1. The van der Waals surface area contributed by atoms with Crippen molar-refractivity contribution < 1.29 is 18.3 Å². The molecule has 6 nitrogen and oxygen atoms in total. The summed E-state index contributed by atoms with van der Waals surface area (Å²) in [7, 11) is 0. The first-order valence-electron chi connectivity index (χ1n) is 11.4. The summed E-state index contributed by atoms with van der Waals surface area (Å²) in [6, 6.07) is 6.45. The van der Waals surface area contributed by atoms with Crippen LogP contribution in [0.5, 0.6) is 0 Å². The Morgan fingerprint density at radius 2 is 1.97 bits per heavy atom. The lowest BCUT2D eigenvalue weighted by Crippen LogP contribution is -2.43. The van der Waals surface area contributed by atoms with E-state index in [4.69, 9.17) is 9.15 Å². The third-order valence-electron chi connectivity index (χ3n) is 5.67. The predicted molar refractivity (Wildman–Crippen MR) is 118 cm³/mol. The van der Waals surface area contributed by atoms with Gasteiger partial charge in [-0.2, -0.15) is 0 Å². The van der Waals surface area contributed by atoms with Gasteiger partial charge in [0.2, 0.25) is 5.91 Å². The molecule has 0 atom stereocenters. The summed E-state index contributed by atoms with van der Waals surface area (Å²) >= 11 is 0. The fourth-order valence-corrected chi connectivity index (χ4v) is 3.76. The Hall–Kier alpha value is -2.25. The second-order valence-electron chi connectivity index (χ2n) is 7.99. The quantitative estimate of drug-likeness (QED) is 0.473. The first-order chi connectivity index (χ1) is 15.2. The highest BCUT2D eigenvalue weighted by Gasteiger charge is 2.18. The Balaban J connectivity index is 1.52. The van der Waals surface area contributed by atoms with E-state index in [0.29, 0.717) is 30.1 Å². The Kier molecular flexibility index (Phi) is 9.49. The fourth-order valence-electron chi connectivity index (χ4n) is 3.76. The molecule has 0 N–H and O–H groups in total. The van der Waals surface area contributed by atoms with Gasteiger partial charge >= 0.3 is 0 Å². The molecule has 1 aromatic heterocycles. The van der Waals surface area contributed by atoms with Crippen molar-refractivity contribution in [3.8, 4) is 11.3 Å². The molecule has 0 unspecified atom stereocenters. The van der Waals surface area contributed by atoms with Crippen molar-refractivity contribution in [2.75, 3.05) is 45.9 Å². The number of unbranched alkanes of at least 4 members (excludes halogenated alkanes) is 3. The lowest BCUT2D eigenvalue weighted by atomic mass is 10.2. The summed E-state index contributed by atoms with van der Waals surface area (Å²) in [5, 5.41) is 0. The summed E-state index contributed by atoms with van der Waals surface area (Å²) in [4.78, 5) is 21.5. The number of ether oxygens (including phenoxy) is 1. The number of oxazole rings is 1. The van der Waals surface area contributed by atoms with Crippen LogP contribution in [0.2, 0.25) is 0 Å². The fraction of sp³-hybridized carbons (Fsp3) is 0.583. The van der Waals surface area contributed by atoms with Crippen molar-refractivity contribution in [2.24, 2.45) is 0 Å². The van der Waals surface area contributed by atoms with E-state index < -0.39 is 0 Å². The minimum atomic E-state index is -0.345. The van der Waals surface area contributed by atoms with Crippen LogP contribution < -0.4 is 0 Å². The van der Waals surface area contributed by atoms with Crippen LogP contribution in [0.25, 0.3) is 11.3 Å². The van der Waals surface area contributed by atoms with Crippen molar-refractivity contribution in [1.82, 2.24) is 14.8 Å². The second kappa shape index (κ2) is 12.6. The van der Waals surface area contributed by atoms with Crippen molar-refractivity contribution in [3.05, 3.63) is 42.2 Å². The number of aryl methyl sites for hydroxylation is 1. The molecule has 0 spiro atoms. The molecular weight excluding hydrogens is 397 g/mol. The van der Waals surface area contributed by atoms with E-state index in [9.17, 15) is 9.18 Å². The molecule has 3 rings (SSSR count). The van der Waals surface area contributed by atoms with Crippen LogP contribution in [0.1, 0.15) is 44.9 Å². The van der Waals surface area contributed by atoms with E-state index in [1.54, 1.807) is 18.2 Å². The Bertz CT molecular complexity index is 805. The average Bonchev–Trinajstić information content (AvgIpc) is 3.27. The maximum atomic E-state index is 14.0. The lowest BCUT2D eigenvalue weighted by Gasteiger charge is -2.30. The number of carbonyl (C=O) groups is 1. The van der Waals surface area contributed by atoms with Crippen molar-refractivity contribution in [3.63, 3.8) is 0 Å². The Labute approximate surface area is 184 Å². The number of rotatable bonds is 12. The zero-order chi connectivity index (χ0) is 21.9. The molecule has 31 heavy (non-hydrogen) atoms. The van der Waals surface area contributed by atoms with Crippen molar-refractivity contribution in [1.29, 1.82) is 0 Å². The van der Waals surface area contributed by atoms with Crippen LogP contribution in [-0.2, 0) is 16.0 Å². The molecule has 0 radical (unpaired) electrons. The molecule has 1 aromatic carbocycles. The minimum absolute atomic E-state index is 0.121. The van der Waals surface area contributed by atoms with Crippen LogP contribution in [0.4, 0.5) is 4.39 Å². The van der Waals surface area contributed by atoms with E-state index in [-0.39, 0.29) is 11.7 Å². The molecule has 0 aliphatic carbocycles. The van der Waals surface area contributed by atoms with E-state index >= 15 is 0 Å². The van der Waals surface area contributed by atoms with E-state index in [2.05, 4.69) is 16.8 Å². The topological polar surface area (TPSA) is 58.8 Å². The molecule has 2 aromatic rings. The molecule has 0 bridgehead atoms. The van der Waals surface area contributed by atoms with Gasteiger partial charge in [0.05, 0.1) is 25.0 Å².